The molecule has 1 rings (SSSR count). The van der Waals surface area contributed by atoms with E-state index in [4.69, 9.17) is 9.47 Å². The van der Waals surface area contributed by atoms with Gasteiger partial charge >= 0.3 is 0 Å². The highest BCUT2D eigenvalue weighted by atomic mass is 79.9. The van der Waals surface area contributed by atoms with E-state index in [0.717, 1.165) is 18.2 Å². The van der Waals surface area contributed by atoms with Crippen LogP contribution < -0.4 is 0 Å². The van der Waals surface area contributed by atoms with E-state index in [9.17, 15) is 0 Å². The normalized spacial score (nSPS) is 29.7. The van der Waals surface area contributed by atoms with Crippen LogP contribution >= 0.6 is 15.9 Å². The topological polar surface area (TPSA) is 18.5 Å². The molecule has 3 heteroatoms. The fourth-order valence-electron chi connectivity index (χ4n) is 1.62. The van der Waals surface area contributed by atoms with Crippen molar-refractivity contribution in [2.45, 2.75) is 51.6 Å². The van der Waals surface area contributed by atoms with Crippen molar-refractivity contribution < 1.29 is 9.47 Å². The molecule has 0 aliphatic carbocycles. The Balaban J connectivity index is 2.45. The van der Waals surface area contributed by atoms with Gasteiger partial charge in [-0.25, -0.2) is 0 Å². The molecule has 0 spiro atoms. The largest absolute Gasteiger partial charge is 0.345 e. The van der Waals surface area contributed by atoms with Gasteiger partial charge in [0.1, 0.15) is 0 Å². The van der Waals surface area contributed by atoms with Crippen LogP contribution in [0.3, 0.4) is 0 Å². The van der Waals surface area contributed by atoms with Crippen LogP contribution in [-0.2, 0) is 9.47 Å². The van der Waals surface area contributed by atoms with Gasteiger partial charge in [0.25, 0.3) is 0 Å². The summed E-state index contributed by atoms with van der Waals surface area (Å²) in [5.74, 6) is 5.49. The van der Waals surface area contributed by atoms with E-state index >= 15 is 0 Å². The summed E-state index contributed by atoms with van der Waals surface area (Å²) in [7, 11) is 0. The summed E-state index contributed by atoms with van der Waals surface area (Å²) in [6, 6.07) is 0. The minimum atomic E-state index is -0.442. The summed E-state index contributed by atoms with van der Waals surface area (Å²) >= 11 is 3.44. The summed E-state index contributed by atoms with van der Waals surface area (Å²) in [4.78, 5) is 0. The molecule has 0 bridgehead atoms. The molecule has 1 saturated heterocycles. The average Bonchev–Trinajstić information content (AvgIpc) is 2.41. The minimum Gasteiger partial charge on any atom is -0.345 e. The molecular weight excluding hydrogens is 244 g/mol. The van der Waals surface area contributed by atoms with E-state index in [0.29, 0.717) is 0 Å². The van der Waals surface area contributed by atoms with E-state index in [1.807, 2.05) is 20.8 Å². The molecule has 0 unspecified atom stereocenters. The van der Waals surface area contributed by atoms with E-state index in [1.165, 1.54) is 0 Å². The minimum absolute atomic E-state index is 0.156. The Bertz CT molecular complexity index is 239. The van der Waals surface area contributed by atoms with Crippen molar-refractivity contribution in [1.29, 1.82) is 0 Å². The zero-order valence-corrected chi connectivity index (χ0v) is 10.6. The zero-order valence-electron chi connectivity index (χ0n) is 8.97. The smallest absolute Gasteiger partial charge is 0.163 e. The molecule has 2 atom stereocenters. The first-order valence-corrected chi connectivity index (χ1v) is 6.02. The van der Waals surface area contributed by atoms with Crippen LogP contribution in [0.2, 0.25) is 0 Å². The fraction of sp³-hybridized carbons (Fsp3) is 0.818. The summed E-state index contributed by atoms with van der Waals surface area (Å²) < 4.78 is 11.5. The van der Waals surface area contributed by atoms with Crippen molar-refractivity contribution in [1.82, 2.24) is 0 Å². The molecule has 0 N–H and O–H groups in total. The van der Waals surface area contributed by atoms with E-state index in [1.54, 1.807) is 0 Å². The highest BCUT2D eigenvalue weighted by molar-refractivity contribution is 9.09. The zero-order chi connectivity index (χ0) is 10.6. The van der Waals surface area contributed by atoms with E-state index in [2.05, 4.69) is 27.8 Å². The molecule has 1 heterocycles. The molecule has 0 aromatic carbocycles. The Morgan fingerprint density at radius 3 is 2.50 bits per heavy atom. The number of ether oxygens (including phenoxy) is 2. The Kier molecular flexibility index (Phi) is 4.43. The molecule has 14 heavy (non-hydrogen) atoms. The number of hydrogen-bond donors (Lipinski definition) is 0. The molecule has 0 amide bonds. The van der Waals surface area contributed by atoms with Crippen LogP contribution in [0.25, 0.3) is 0 Å². The maximum Gasteiger partial charge on any atom is 0.163 e. The second-order valence-corrected chi connectivity index (χ2v) is 4.48. The quantitative estimate of drug-likeness (QED) is 0.574. The van der Waals surface area contributed by atoms with Crippen LogP contribution in [0.1, 0.15) is 33.6 Å². The molecule has 0 radical (unpaired) electrons. The van der Waals surface area contributed by atoms with Crippen LogP contribution in [0.5, 0.6) is 0 Å². The van der Waals surface area contributed by atoms with Gasteiger partial charge < -0.3 is 9.47 Å². The van der Waals surface area contributed by atoms with Gasteiger partial charge in [-0.15, -0.1) is 11.8 Å². The molecule has 1 aliphatic rings. The molecule has 80 valence electrons. The van der Waals surface area contributed by atoms with Crippen LogP contribution in [0, 0.1) is 11.8 Å². The summed E-state index contributed by atoms with van der Waals surface area (Å²) in [5.41, 5.74) is 0. The van der Waals surface area contributed by atoms with Crippen molar-refractivity contribution in [3.8, 4) is 11.8 Å². The van der Waals surface area contributed by atoms with E-state index in [-0.39, 0.29) is 12.2 Å². The van der Waals surface area contributed by atoms with Crippen molar-refractivity contribution in [2.75, 3.05) is 5.33 Å². The van der Waals surface area contributed by atoms with Crippen molar-refractivity contribution in [3.05, 3.63) is 0 Å². The second-order valence-electron chi connectivity index (χ2n) is 3.83. The number of hydrogen-bond acceptors (Lipinski definition) is 2. The van der Waals surface area contributed by atoms with Crippen molar-refractivity contribution in [3.63, 3.8) is 0 Å². The first-order valence-electron chi connectivity index (χ1n) is 4.90. The third-order valence-electron chi connectivity index (χ3n) is 2.17. The SMILES string of the molecule is CC#CCC[C@@H]1OC(C)(C)O[C@H]1CBr. The van der Waals surface area contributed by atoms with E-state index < -0.39 is 5.79 Å². The monoisotopic (exact) mass is 260 g/mol. The van der Waals surface area contributed by atoms with Gasteiger partial charge in [-0.1, -0.05) is 15.9 Å². The maximum absolute atomic E-state index is 5.78. The van der Waals surface area contributed by atoms with Gasteiger partial charge in [-0.3, -0.25) is 0 Å². The standard InChI is InChI=1S/C11H17BrO2/c1-4-5-6-7-9-10(8-12)14-11(2,3)13-9/h9-10H,6-8H2,1-3H3/t9-,10-/m0/s1. The molecular formula is C11H17BrO2. The van der Waals surface area contributed by atoms with Crippen LogP contribution in [0.15, 0.2) is 0 Å². The lowest BCUT2D eigenvalue weighted by molar-refractivity contribution is -0.144. The molecule has 2 nitrogen and oxygen atoms in total. The predicted octanol–water partition coefficient (Wildman–Crippen LogP) is 2.70. The molecule has 0 aromatic rings. The highest BCUT2D eigenvalue weighted by Gasteiger charge is 2.39. The number of alkyl halides is 1. The van der Waals surface area contributed by atoms with Crippen molar-refractivity contribution in [2.24, 2.45) is 0 Å². The predicted molar refractivity (Wildman–Crippen MR) is 60.3 cm³/mol. The lowest BCUT2D eigenvalue weighted by atomic mass is 10.1. The van der Waals surface area contributed by atoms with Gasteiger partial charge in [-0.2, -0.15) is 0 Å². The molecule has 1 fully saturated rings. The Hall–Kier alpha value is -0.0400. The number of rotatable bonds is 3. The summed E-state index contributed by atoms with van der Waals surface area (Å²) in [5, 5.41) is 0.820. The second kappa shape index (κ2) is 5.16. The Morgan fingerprint density at radius 1 is 1.29 bits per heavy atom. The lowest BCUT2D eigenvalue weighted by Crippen LogP contribution is -2.23. The Labute approximate surface area is 94.5 Å². The fourth-order valence-corrected chi connectivity index (χ4v) is 2.17. The summed E-state index contributed by atoms with van der Waals surface area (Å²) in [6.45, 7) is 5.76. The summed E-state index contributed by atoms with van der Waals surface area (Å²) in [6.07, 6.45) is 2.15. The number of halogens is 1. The molecule has 0 aromatic heterocycles. The average molecular weight is 261 g/mol. The van der Waals surface area contributed by atoms with Gasteiger partial charge in [0, 0.05) is 11.8 Å². The first kappa shape index (κ1) is 12.0. The van der Waals surface area contributed by atoms with Crippen LogP contribution in [-0.4, -0.2) is 23.3 Å². The third-order valence-corrected chi connectivity index (χ3v) is 2.81. The van der Waals surface area contributed by atoms with Gasteiger partial charge in [-0.05, 0) is 27.2 Å². The molecule has 0 saturated carbocycles. The van der Waals surface area contributed by atoms with Gasteiger partial charge in [0.15, 0.2) is 5.79 Å². The Morgan fingerprint density at radius 2 is 1.93 bits per heavy atom. The highest BCUT2D eigenvalue weighted by Crippen LogP contribution is 2.31. The molecule has 1 aliphatic heterocycles. The first-order chi connectivity index (χ1) is 6.59. The van der Waals surface area contributed by atoms with Gasteiger partial charge in [0.05, 0.1) is 12.2 Å². The van der Waals surface area contributed by atoms with Gasteiger partial charge in [0.2, 0.25) is 0 Å². The lowest BCUT2D eigenvalue weighted by Gasteiger charge is -2.16. The van der Waals surface area contributed by atoms with Crippen molar-refractivity contribution >= 4 is 15.9 Å². The van der Waals surface area contributed by atoms with Crippen LogP contribution in [0.4, 0.5) is 0 Å². The maximum atomic E-state index is 5.78. The third kappa shape index (κ3) is 3.27.